The van der Waals surface area contributed by atoms with Gasteiger partial charge in [-0.25, -0.2) is 9.97 Å². The molecule has 1 aromatic carbocycles. The molecule has 3 aromatic rings. The van der Waals surface area contributed by atoms with E-state index >= 15 is 0 Å². The van der Waals surface area contributed by atoms with E-state index in [9.17, 15) is 4.79 Å². The minimum Gasteiger partial charge on any atom is -0.440 e. The van der Waals surface area contributed by atoms with E-state index in [0.717, 1.165) is 24.2 Å². The molecule has 3 heterocycles. The van der Waals surface area contributed by atoms with E-state index in [1.807, 2.05) is 12.1 Å². The number of hydrogen-bond donors (Lipinski definition) is 2. The van der Waals surface area contributed by atoms with Crippen LogP contribution < -0.4 is 16.9 Å². The highest BCUT2D eigenvalue weighted by atomic mass is 16.3. The molecule has 0 radical (unpaired) electrons. The number of benzene rings is 1. The van der Waals surface area contributed by atoms with Gasteiger partial charge in [-0.05, 0) is 12.1 Å². The monoisotopic (exact) mass is 323 g/mol. The van der Waals surface area contributed by atoms with E-state index in [1.165, 1.54) is 0 Å². The summed E-state index contributed by atoms with van der Waals surface area (Å²) in [6.07, 6.45) is 2.51. The quantitative estimate of drug-likeness (QED) is 0.731. The summed E-state index contributed by atoms with van der Waals surface area (Å²) in [5.74, 6) is 0.472. The second kappa shape index (κ2) is 5.61. The molecule has 0 amide bonds. The van der Waals surface area contributed by atoms with E-state index in [4.69, 9.17) is 15.9 Å². The number of para-hydroxylation sites is 1. The third-order valence-electron chi connectivity index (χ3n) is 4.34. The minimum absolute atomic E-state index is 0.0753. The van der Waals surface area contributed by atoms with E-state index < -0.39 is 0 Å². The Morgan fingerprint density at radius 1 is 1.25 bits per heavy atom. The molecule has 1 aliphatic heterocycles. The van der Waals surface area contributed by atoms with Crippen molar-refractivity contribution in [3.8, 4) is 0 Å². The van der Waals surface area contributed by atoms with Gasteiger partial charge < -0.3 is 15.9 Å². The minimum atomic E-state index is -0.0753. The number of aromatic nitrogens is 2. The average Bonchev–Trinajstić information content (AvgIpc) is 2.58. The van der Waals surface area contributed by atoms with E-state index in [-0.39, 0.29) is 11.3 Å². The van der Waals surface area contributed by atoms with Crippen molar-refractivity contribution in [3.63, 3.8) is 0 Å². The summed E-state index contributed by atoms with van der Waals surface area (Å²) in [6.45, 7) is 1.86. The number of nitrogen functional groups attached to an aromatic ring is 2. The molecule has 122 valence electrons. The number of fused-ring (bicyclic) bond motifs is 2. The van der Waals surface area contributed by atoms with Crippen molar-refractivity contribution in [2.24, 2.45) is 0 Å². The van der Waals surface area contributed by atoms with Crippen molar-refractivity contribution in [1.82, 2.24) is 14.9 Å². The van der Waals surface area contributed by atoms with E-state index in [0.29, 0.717) is 35.6 Å². The maximum absolute atomic E-state index is 12.7. The maximum atomic E-state index is 12.7. The lowest BCUT2D eigenvalue weighted by Gasteiger charge is -2.27. The molecular weight excluding hydrogens is 306 g/mol. The Morgan fingerprint density at radius 3 is 2.96 bits per heavy atom. The summed E-state index contributed by atoms with van der Waals surface area (Å²) in [4.78, 5) is 23.2. The number of hydrogen-bond acceptors (Lipinski definition) is 7. The Morgan fingerprint density at radius 2 is 2.08 bits per heavy atom. The lowest BCUT2D eigenvalue weighted by molar-refractivity contribution is 0.241. The number of rotatable bonds is 2. The summed E-state index contributed by atoms with van der Waals surface area (Å²) in [5.41, 5.74) is 14.5. The van der Waals surface area contributed by atoms with Crippen LogP contribution in [0.3, 0.4) is 0 Å². The summed E-state index contributed by atoms with van der Waals surface area (Å²) in [6, 6.07) is 7.14. The fourth-order valence-electron chi connectivity index (χ4n) is 3.10. The molecule has 0 saturated heterocycles. The normalized spacial score (nSPS) is 14.7. The van der Waals surface area contributed by atoms with Crippen LogP contribution in [-0.2, 0) is 19.5 Å². The number of anilines is 2. The molecular formula is C17H17N5O2. The van der Waals surface area contributed by atoms with Crippen LogP contribution in [0.15, 0.2) is 39.7 Å². The van der Waals surface area contributed by atoms with Gasteiger partial charge in [-0.1, -0.05) is 12.1 Å². The molecule has 7 nitrogen and oxygen atoms in total. The number of nitrogens with two attached hydrogens (primary N) is 2. The van der Waals surface area contributed by atoms with Crippen LogP contribution in [0.2, 0.25) is 0 Å². The lowest BCUT2D eigenvalue weighted by Crippen LogP contribution is -2.33. The van der Waals surface area contributed by atoms with Crippen LogP contribution in [0.25, 0.3) is 11.0 Å². The molecule has 0 aliphatic carbocycles. The SMILES string of the molecule is Nc1ncc2c(n1)CCN(Cc1c(N)oc3ccccc3c1=O)C2. The zero-order valence-electron chi connectivity index (χ0n) is 13.0. The van der Waals surface area contributed by atoms with Gasteiger partial charge in [0.05, 0.1) is 16.6 Å². The predicted molar refractivity (Wildman–Crippen MR) is 91.2 cm³/mol. The molecule has 24 heavy (non-hydrogen) atoms. The molecule has 0 unspecified atom stereocenters. The molecule has 1 aliphatic rings. The van der Waals surface area contributed by atoms with Gasteiger partial charge in [-0.3, -0.25) is 9.69 Å². The summed E-state index contributed by atoms with van der Waals surface area (Å²) in [7, 11) is 0. The molecule has 7 heteroatoms. The van der Waals surface area contributed by atoms with Crippen molar-refractivity contribution < 1.29 is 4.42 Å². The van der Waals surface area contributed by atoms with Crippen molar-refractivity contribution in [2.45, 2.75) is 19.5 Å². The lowest BCUT2D eigenvalue weighted by atomic mass is 10.1. The van der Waals surface area contributed by atoms with Gasteiger partial charge in [-0.2, -0.15) is 0 Å². The standard InChI is InChI=1S/C17H17N5O2/c18-16-12(15(23)11-3-1-2-4-14(11)24-16)9-22-6-5-13-10(8-22)7-20-17(19)21-13/h1-4,7H,5-6,8-9,18H2,(H2,19,20,21). The fourth-order valence-corrected chi connectivity index (χ4v) is 3.10. The van der Waals surface area contributed by atoms with Gasteiger partial charge in [0.2, 0.25) is 5.95 Å². The Labute approximate surface area is 137 Å². The van der Waals surface area contributed by atoms with Gasteiger partial charge in [0.25, 0.3) is 0 Å². The van der Waals surface area contributed by atoms with Crippen molar-refractivity contribution >= 4 is 22.8 Å². The smallest absolute Gasteiger partial charge is 0.220 e. The molecule has 0 fully saturated rings. The molecule has 4 rings (SSSR count). The highest BCUT2D eigenvalue weighted by Gasteiger charge is 2.21. The summed E-state index contributed by atoms with van der Waals surface area (Å²) >= 11 is 0. The first kappa shape index (κ1) is 14.6. The average molecular weight is 323 g/mol. The van der Waals surface area contributed by atoms with Crippen molar-refractivity contribution in [1.29, 1.82) is 0 Å². The third kappa shape index (κ3) is 2.48. The maximum Gasteiger partial charge on any atom is 0.220 e. The van der Waals surface area contributed by atoms with Gasteiger partial charge in [-0.15, -0.1) is 0 Å². The van der Waals surface area contributed by atoms with E-state index in [1.54, 1.807) is 18.3 Å². The zero-order valence-corrected chi connectivity index (χ0v) is 13.0. The zero-order chi connectivity index (χ0) is 16.7. The highest BCUT2D eigenvalue weighted by molar-refractivity contribution is 5.78. The van der Waals surface area contributed by atoms with Gasteiger partial charge >= 0.3 is 0 Å². The number of nitrogens with zero attached hydrogens (tertiary/aromatic N) is 3. The second-order valence-corrected chi connectivity index (χ2v) is 5.93. The Kier molecular flexibility index (Phi) is 3.42. The molecule has 0 atom stereocenters. The van der Waals surface area contributed by atoms with Crippen molar-refractivity contribution in [3.05, 3.63) is 57.5 Å². The molecule has 0 bridgehead atoms. The summed E-state index contributed by atoms with van der Waals surface area (Å²) < 4.78 is 5.61. The Bertz CT molecular complexity index is 982. The first-order valence-corrected chi connectivity index (χ1v) is 7.74. The molecule has 0 saturated carbocycles. The third-order valence-corrected chi connectivity index (χ3v) is 4.34. The van der Waals surface area contributed by atoms with Gasteiger partial charge in [0.1, 0.15) is 5.58 Å². The first-order valence-electron chi connectivity index (χ1n) is 7.74. The highest BCUT2D eigenvalue weighted by Crippen LogP contribution is 2.22. The van der Waals surface area contributed by atoms with Gasteiger partial charge in [0, 0.05) is 37.8 Å². The van der Waals surface area contributed by atoms with Gasteiger partial charge in [0.15, 0.2) is 11.3 Å². The van der Waals surface area contributed by atoms with Crippen LogP contribution in [0.4, 0.5) is 11.8 Å². The van der Waals surface area contributed by atoms with Crippen LogP contribution >= 0.6 is 0 Å². The van der Waals surface area contributed by atoms with Crippen LogP contribution in [0.1, 0.15) is 16.8 Å². The second-order valence-electron chi connectivity index (χ2n) is 5.93. The predicted octanol–water partition coefficient (Wildman–Crippen LogP) is 1.31. The Balaban J connectivity index is 1.66. The van der Waals surface area contributed by atoms with E-state index in [2.05, 4.69) is 14.9 Å². The van der Waals surface area contributed by atoms with Crippen molar-refractivity contribution in [2.75, 3.05) is 18.0 Å². The molecule has 0 spiro atoms. The molecule has 2 aromatic heterocycles. The Hall–Kier alpha value is -2.93. The largest absolute Gasteiger partial charge is 0.440 e. The van der Waals surface area contributed by atoms with Crippen LogP contribution in [-0.4, -0.2) is 21.4 Å². The summed E-state index contributed by atoms with van der Waals surface area (Å²) in [5, 5.41) is 0.551. The topological polar surface area (TPSA) is 111 Å². The molecule has 4 N–H and O–H groups in total. The first-order chi connectivity index (χ1) is 11.6. The fraction of sp³-hybridized carbons (Fsp3) is 0.235. The van der Waals surface area contributed by atoms with Crippen LogP contribution in [0, 0.1) is 0 Å². The van der Waals surface area contributed by atoms with Crippen LogP contribution in [0.5, 0.6) is 0 Å².